The van der Waals surface area contributed by atoms with E-state index >= 15 is 0 Å². The minimum absolute atomic E-state index is 0. The van der Waals surface area contributed by atoms with Crippen LogP contribution >= 0.6 is 117 Å². The number of fused-ring (bicyclic) bond motifs is 5. The number of ketones is 4. The first-order valence-corrected chi connectivity index (χ1v) is 45.6. The lowest BCUT2D eigenvalue weighted by Crippen LogP contribution is -2.27. The largest absolute Gasteiger partial charge is 0.569 e. The van der Waals surface area contributed by atoms with Crippen LogP contribution in [0.1, 0.15) is 132 Å². The van der Waals surface area contributed by atoms with Crippen molar-refractivity contribution in [2.75, 3.05) is 52.3 Å². The Morgan fingerprint density at radius 1 is 0.455 bits per heavy atom. The Morgan fingerprint density at radius 3 is 1.20 bits per heavy atom. The number of nitrogens with zero attached hydrogens (tertiary/aromatic N) is 11. The van der Waals surface area contributed by atoms with E-state index in [0.29, 0.717) is 119 Å². The zero-order valence-corrected chi connectivity index (χ0v) is 82.8. The van der Waals surface area contributed by atoms with Crippen LogP contribution in [0.4, 0.5) is 55.8 Å². The molecule has 0 atom stereocenters. The third-order valence-corrected chi connectivity index (χ3v) is 22.2. The number of urea groups is 1. The lowest BCUT2D eigenvalue weighted by atomic mass is 10.1. The van der Waals surface area contributed by atoms with Crippen molar-refractivity contribution in [2.24, 2.45) is 5.92 Å². The first kappa shape index (κ1) is 105. The highest BCUT2D eigenvalue weighted by molar-refractivity contribution is 9.11. The fraction of sp³-hybridized carbons (Fsp3) is 0.200. The summed E-state index contributed by atoms with van der Waals surface area (Å²) in [5.74, 6) is 1.64. The first-order chi connectivity index (χ1) is 62.8. The number of carbonyl (C=O) groups excluding carboxylic acids is 7. The summed E-state index contributed by atoms with van der Waals surface area (Å²) in [4.78, 5) is 133. The highest BCUT2D eigenvalue weighted by atomic mass is 79.9. The number of ether oxygens (including phenoxy) is 3. The molecule has 5 aromatic carbocycles. The molecule has 0 bridgehead atoms. The number of nitrogens with one attached hydrogen (secondary N) is 4. The number of anilines is 7. The fourth-order valence-electron chi connectivity index (χ4n) is 10.8. The quantitative estimate of drug-likeness (QED) is 0.0238. The summed E-state index contributed by atoms with van der Waals surface area (Å²) in [5, 5.41) is 21.6. The molecule has 0 aliphatic heterocycles. The number of nitrogens with two attached hydrogens (primary N) is 3. The third-order valence-electron chi connectivity index (χ3n) is 16.6. The number of hydrogen-bond acceptors (Lipinski definition) is 31. The van der Waals surface area contributed by atoms with E-state index < -0.39 is 29.4 Å². The monoisotopic (exact) mass is 2090 g/mol. The van der Waals surface area contributed by atoms with E-state index in [2.05, 4.69) is 142 Å². The predicted octanol–water partition coefficient (Wildman–Crippen LogP) is 22.9. The third kappa shape index (κ3) is 34.1. The van der Waals surface area contributed by atoms with Crippen molar-refractivity contribution >= 4 is 255 Å². The Balaban J connectivity index is 0.000000219. The van der Waals surface area contributed by atoms with Crippen LogP contribution in [0.3, 0.4) is 0 Å². The Hall–Kier alpha value is -12.4. The molecule has 11 heterocycles. The molecule has 0 unspecified atom stereocenters. The van der Waals surface area contributed by atoms with Gasteiger partial charge in [-0.15, -0.1) is 12.4 Å². The molecular weight excluding hydrogens is 2010 g/mol. The van der Waals surface area contributed by atoms with Gasteiger partial charge in [0.25, 0.3) is 0 Å². The SMILES string of the molecule is CC(=O)c1cccc(-c2ccc3nc(N)sc3n2)c1.CC(=O)c1cccc(-c2ccc3nc(NC(=O)Nc4ccccc4OCCC(C)C)sc3n2)c1.CC(=O)c1cccc(-c2ccc3nc(NC(=O)OC(C)(C)C)sc3n2)c1.CC(=O)c1cccc(O[B]O)c1.CC(C)(C)OC(=O)Nc1nc2ccc(Br)nc2s1.CF.Cl.Nc1ccc(Br)nc1.Nc1nc2ccc(Br)nc2s1.[2H]O. The van der Waals surface area contributed by atoms with Gasteiger partial charge in [0, 0.05) is 38.9 Å². The molecule has 0 aliphatic carbocycles. The Morgan fingerprint density at radius 2 is 0.818 bits per heavy atom. The van der Waals surface area contributed by atoms with Crippen molar-refractivity contribution in [2.45, 2.75) is 101 Å². The second-order valence-electron chi connectivity index (χ2n) is 29.6. The summed E-state index contributed by atoms with van der Waals surface area (Å²) in [6, 6.07) is 57.8. The lowest BCUT2D eigenvalue weighted by molar-refractivity contribution is 0.0624. The van der Waals surface area contributed by atoms with Crippen molar-refractivity contribution in [3.8, 4) is 45.3 Å². The molecule has 0 saturated carbocycles. The molecular formula is C90H91BBr3ClFN18O13S5. The van der Waals surface area contributed by atoms with Gasteiger partial charge in [0.05, 0.1) is 48.4 Å². The number of Topliss-reactive ketones (excluding diaryl/α,β-unsaturated/α-hetero) is 4. The van der Waals surface area contributed by atoms with Crippen molar-refractivity contribution in [1.29, 1.82) is 0 Å². The van der Waals surface area contributed by atoms with Crippen molar-refractivity contribution < 1.29 is 68.8 Å². The number of thiazole rings is 5. The molecule has 0 aliphatic rings. The molecule has 0 spiro atoms. The summed E-state index contributed by atoms with van der Waals surface area (Å²) in [6.07, 6.45) is 1.47. The number of carbonyl (C=O) groups is 7. The van der Waals surface area contributed by atoms with Crippen molar-refractivity contribution in [3.05, 3.63) is 236 Å². The molecule has 687 valence electrons. The van der Waals surface area contributed by atoms with Gasteiger partial charge in [-0.3, -0.25) is 39.5 Å². The molecule has 13 N–H and O–H groups in total. The van der Waals surface area contributed by atoms with Crippen molar-refractivity contribution in [3.63, 3.8) is 0 Å². The zero-order chi connectivity index (χ0) is 96.5. The van der Waals surface area contributed by atoms with Crippen LogP contribution in [0, 0.1) is 5.92 Å². The second-order valence-corrected chi connectivity index (χ2v) is 37.0. The van der Waals surface area contributed by atoms with Gasteiger partial charge >= 0.3 is 25.9 Å². The number of pyridine rings is 6. The van der Waals surface area contributed by atoms with Crippen LogP contribution in [0.15, 0.2) is 214 Å². The number of para-hydroxylation sites is 2. The minimum Gasteiger partial charge on any atom is -0.537 e. The van der Waals surface area contributed by atoms with Crippen LogP contribution < -0.4 is 47.9 Å². The lowest BCUT2D eigenvalue weighted by Gasteiger charge is -2.18. The summed E-state index contributed by atoms with van der Waals surface area (Å²) in [7, 11) is 1.08. The minimum atomic E-state index is -0.575. The van der Waals surface area contributed by atoms with E-state index in [-0.39, 0.29) is 35.5 Å². The number of nitrogen functional groups attached to an aromatic ring is 3. The van der Waals surface area contributed by atoms with Gasteiger partial charge in [-0.25, -0.2) is 69.2 Å². The maximum absolute atomic E-state index is 12.6. The molecule has 132 heavy (non-hydrogen) atoms. The summed E-state index contributed by atoms with van der Waals surface area (Å²) in [5.41, 5.74) is 34.2. The van der Waals surface area contributed by atoms with Crippen LogP contribution in [-0.4, -0.2) is 139 Å². The highest BCUT2D eigenvalue weighted by Crippen LogP contribution is 2.34. The van der Waals surface area contributed by atoms with E-state index in [1.54, 1.807) is 101 Å². The summed E-state index contributed by atoms with van der Waals surface area (Å²) in [6.45, 7) is 21.8. The topological polar surface area (TPSA) is 476 Å². The smallest absolute Gasteiger partial charge is 0.537 e. The number of hydrogen-bond donors (Lipinski definition) is 8. The first-order valence-electron chi connectivity index (χ1n) is 39.6. The normalized spacial score (nSPS) is 10.6. The van der Waals surface area contributed by atoms with Gasteiger partial charge in [0.15, 0.2) is 48.8 Å². The molecule has 0 fully saturated rings. The van der Waals surface area contributed by atoms with E-state index in [1.165, 1.54) is 77.5 Å². The van der Waals surface area contributed by atoms with Crippen molar-refractivity contribution in [1.82, 2.24) is 54.8 Å². The van der Waals surface area contributed by atoms with E-state index in [4.69, 9.17) is 43.3 Å². The molecule has 16 aromatic rings. The molecule has 0 saturated heterocycles. The Labute approximate surface area is 812 Å². The van der Waals surface area contributed by atoms with Gasteiger partial charge < -0.3 is 51.9 Å². The molecule has 31 nitrogen and oxygen atoms in total. The number of alkyl halides is 1. The van der Waals surface area contributed by atoms with Crippen LogP contribution in [0.2, 0.25) is 0 Å². The summed E-state index contributed by atoms with van der Waals surface area (Å²) < 4.78 is 37.5. The second kappa shape index (κ2) is 50.8. The molecule has 1 radical (unpaired) electrons. The molecule has 42 heteroatoms. The number of halogens is 5. The fourth-order valence-corrected chi connectivity index (χ4v) is 15.8. The molecule has 4 amide bonds. The number of benzene rings is 5. The standard InChI is InChI=1S/C26H26N4O3S.C19H19N3O3S.C14H11N3OS.C11H12BrN3O2S.C8H8BO3.C6H4BrN3S.C5H5BrN2.CH3F.ClH.H2O/c1-16(2)13-14-33-23-10-5-4-9-21(23)28-25(32)30-26-29-22-12-11-20(27-24(22)34-26)19-8-6-7-18(15-19)17(3)31;1-11(23)12-6-5-7-13(10-12)14-8-9-15-16(20-14)26-17(21-15)22-18(24)25-19(2,3)4;1-8(18)9-3-2-4-10(7-9)11-5-6-12-13(16-11)19-14(15)17-12;1-11(2,3)17-10(16)15-9-13-6-4-5-7(12)14-8(6)18-9;1-6(10)7-3-2-4-8(5-7)12-9-11;7-4-2-1-3-5(10-4)11-6(8)9-3;6-5-2-1-4(7)3-8-5;1-2;;/h4-12,15-16H,13-14H2,1-3H3,(H2,28,29,30,32);5-10H,1-4H3,(H,21,22,24);2-7H,1H3,(H2,15,17);4-5H,1-3H3,(H,13,15,16);2-5,11H,1H3;1-2H,(H2,8,9);1-3H,7H2;1H3;1H;1H2/i/hD. The van der Waals surface area contributed by atoms with Crippen LogP contribution in [-0.2, 0) is 9.47 Å². The highest BCUT2D eigenvalue weighted by Gasteiger charge is 2.22. The van der Waals surface area contributed by atoms with E-state index in [1.807, 2.05) is 148 Å². The molecule has 16 rings (SSSR count). The predicted molar refractivity (Wildman–Crippen MR) is 541 cm³/mol. The zero-order valence-electron chi connectivity index (χ0n) is 74.1. The van der Waals surface area contributed by atoms with Gasteiger partial charge in [0.1, 0.15) is 88.2 Å². The Kier molecular flexibility index (Phi) is 40.4. The Bertz CT molecular complexity index is 6650. The maximum Gasteiger partial charge on any atom is 0.569 e. The van der Waals surface area contributed by atoms with Gasteiger partial charge in [0.2, 0.25) is 1.43 Å². The number of amides is 4. The van der Waals surface area contributed by atoms with E-state index in [0.717, 1.165) is 85.0 Å². The van der Waals surface area contributed by atoms with Crippen LogP contribution in [0.25, 0.3) is 85.5 Å². The molecule has 11 aromatic heterocycles. The van der Waals surface area contributed by atoms with Gasteiger partial charge in [-0.05, 0) is 245 Å². The average Bonchev–Trinajstić information content (AvgIpc) is 1.73. The number of rotatable bonds is 17. The van der Waals surface area contributed by atoms with Crippen LogP contribution in [0.5, 0.6) is 11.5 Å². The van der Waals surface area contributed by atoms with E-state index in [9.17, 15) is 38.0 Å². The van der Waals surface area contributed by atoms with Gasteiger partial charge in [-0.1, -0.05) is 149 Å². The summed E-state index contributed by atoms with van der Waals surface area (Å²) >= 11 is 16.3. The van der Waals surface area contributed by atoms with Gasteiger partial charge in [-0.2, -0.15) is 0 Å². The average molecular weight is 2100 g/mol. The number of aromatic nitrogens is 11. The maximum atomic E-state index is 12.6.